The Balaban J connectivity index is 2.69. The van der Waals surface area contributed by atoms with Crippen LogP contribution in [0.2, 0.25) is 0 Å². The molecule has 22 heavy (non-hydrogen) atoms. The Hall–Kier alpha value is -1.64. The Morgan fingerprint density at radius 2 is 1.91 bits per heavy atom. The zero-order valence-electron chi connectivity index (χ0n) is 13.0. The van der Waals surface area contributed by atoms with Crippen molar-refractivity contribution >= 4 is 15.9 Å². The van der Waals surface area contributed by atoms with Gasteiger partial charge in [0, 0.05) is 20.7 Å². The molecular formula is C14H22N2O5S. The molecule has 0 saturated heterocycles. The first kappa shape index (κ1) is 18.4. The predicted molar refractivity (Wildman–Crippen MR) is 82.3 cm³/mol. The van der Waals surface area contributed by atoms with Crippen LogP contribution in [0, 0.1) is 0 Å². The zero-order chi connectivity index (χ0) is 16.6. The van der Waals surface area contributed by atoms with Crippen molar-refractivity contribution < 1.29 is 22.7 Å². The lowest BCUT2D eigenvalue weighted by Crippen LogP contribution is -2.39. The van der Waals surface area contributed by atoms with Crippen LogP contribution < -0.4 is 10.1 Å². The van der Waals surface area contributed by atoms with Gasteiger partial charge in [-0.05, 0) is 31.2 Å². The van der Waals surface area contributed by atoms with Gasteiger partial charge in [-0.3, -0.25) is 4.79 Å². The average molecular weight is 330 g/mol. The monoisotopic (exact) mass is 330 g/mol. The summed E-state index contributed by atoms with van der Waals surface area (Å²) in [6.07, 6.45) is 0. The van der Waals surface area contributed by atoms with Gasteiger partial charge in [0.25, 0.3) is 0 Å². The Morgan fingerprint density at radius 1 is 1.27 bits per heavy atom. The Kier molecular flexibility index (Phi) is 7.30. The van der Waals surface area contributed by atoms with Gasteiger partial charge in [-0.25, -0.2) is 8.42 Å². The molecule has 7 nitrogen and oxygen atoms in total. The molecule has 0 radical (unpaired) electrons. The summed E-state index contributed by atoms with van der Waals surface area (Å²) in [5.41, 5.74) is 0. The van der Waals surface area contributed by atoms with Gasteiger partial charge in [-0.15, -0.1) is 0 Å². The number of methoxy groups -OCH3 is 1. The first-order valence-corrected chi connectivity index (χ1v) is 8.30. The highest BCUT2D eigenvalue weighted by Gasteiger charge is 2.22. The van der Waals surface area contributed by atoms with E-state index in [4.69, 9.17) is 9.47 Å². The lowest BCUT2D eigenvalue weighted by Gasteiger charge is -2.17. The van der Waals surface area contributed by atoms with E-state index in [0.717, 1.165) is 4.31 Å². The van der Waals surface area contributed by atoms with Crippen molar-refractivity contribution in [2.24, 2.45) is 0 Å². The third-order valence-electron chi connectivity index (χ3n) is 2.84. The van der Waals surface area contributed by atoms with Crippen molar-refractivity contribution in [2.45, 2.75) is 11.8 Å². The minimum absolute atomic E-state index is 0.114. The summed E-state index contributed by atoms with van der Waals surface area (Å²) in [5.74, 6) is 0.218. The third-order valence-corrected chi connectivity index (χ3v) is 4.66. The highest BCUT2D eigenvalue weighted by Crippen LogP contribution is 2.18. The normalized spacial score (nSPS) is 11.5. The van der Waals surface area contributed by atoms with Crippen LogP contribution in [0.15, 0.2) is 29.2 Å². The molecule has 8 heteroatoms. The molecule has 1 rings (SSSR count). The lowest BCUT2D eigenvalue weighted by molar-refractivity contribution is -0.121. The van der Waals surface area contributed by atoms with E-state index in [9.17, 15) is 13.2 Å². The largest absolute Gasteiger partial charge is 0.494 e. The van der Waals surface area contributed by atoms with E-state index in [0.29, 0.717) is 25.5 Å². The number of hydrogen-bond acceptors (Lipinski definition) is 5. The highest BCUT2D eigenvalue weighted by molar-refractivity contribution is 7.89. The quantitative estimate of drug-likeness (QED) is 0.665. The van der Waals surface area contributed by atoms with Crippen LogP contribution in [0.1, 0.15) is 6.92 Å². The van der Waals surface area contributed by atoms with Crippen LogP contribution >= 0.6 is 0 Å². The highest BCUT2D eigenvalue weighted by atomic mass is 32.2. The van der Waals surface area contributed by atoms with Crippen LogP contribution in [0.5, 0.6) is 5.75 Å². The molecule has 0 unspecified atom stereocenters. The molecule has 1 N–H and O–H groups in total. The molecule has 0 heterocycles. The van der Waals surface area contributed by atoms with Crippen molar-refractivity contribution in [1.29, 1.82) is 0 Å². The fourth-order valence-electron chi connectivity index (χ4n) is 1.69. The fraction of sp³-hybridized carbons (Fsp3) is 0.500. The van der Waals surface area contributed by atoms with Crippen molar-refractivity contribution in [2.75, 3.05) is 40.5 Å². The second-order valence-corrected chi connectivity index (χ2v) is 6.55. The van der Waals surface area contributed by atoms with Gasteiger partial charge < -0.3 is 14.8 Å². The molecule has 1 aromatic rings. The number of ether oxygens (including phenoxy) is 2. The van der Waals surface area contributed by atoms with Crippen LogP contribution in [0.4, 0.5) is 0 Å². The van der Waals surface area contributed by atoms with E-state index in [2.05, 4.69) is 5.32 Å². The predicted octanol–water partition coefficient (Wildman–Crippen LogP) is 0.468. The van der Waals surface area contributed by atoms with E-state index in [1.807, 2.05) is 6.92 Å². The summed E-state index contributed by atoms with van der Waals surface area (Å²) in [5, 5.41) is 2.57. The number of hydrogen-bond donors (Lipinski definition) is 1. The molecular weight excluding hydrogens is 308 g/mol. The van der Waals surface area contributed by atoms with Gasteiger partial charge in [-0.2, -0.15) is 4.31 Å². The molecule has 0 fully saturated rings. The van der Waals surface area contributed by atoms with Crippen molar-refractivity contribution in [1.82, 2.24) is 9.62 Å². The maximum absolute atomic E-state index is 12.3. The number of rotatable bonds is 9. The van der Waals surface area contributed by atoms with E-state index >= 15 is 0 Å². The first-order chi connectivity index (χ1) is 10.4. The average Bonchev–Trinajstić information content (AvgIpc) is 2.48. The summed E-state index contributed by atoms with van der Waals surface area (Å²) < 4.78 is 35.8. The van der Waals surface area contributed by atoms with Gasteiger partial charge >= 0.3 is 0 Å². The van der Waals surface area contributed by atoms with Crippen LogP contribution in [-0.2, 0) is 19.6 Å². The number of nitrogens with one attached hydrogen (secondary N) is 1. The summed E-state index contributed by atoms with van der Waals surface area (Å²) in [4.78, 5) is 11.8. The number of likely N-dealkylation sites (N-methyl/N-ethyl adjacent to an activating group) is 1. The second-order valence-electron chi connectivity index (χ2n) is 4.51. The van der Waals surface area contributed by atoms with E-state index in [1.165, 1.54) is 26.3 Å². The topological polar surface area (TPSA) is 84.9 Å². The number of carbonyl (C=O) groups is 1. The maximum Gasteiger partial charge on any atom is 0.243 e. The molecule has 0 aliphatic carbocycles. The third kappa shape index (κ3) is 5.28. The van der Waals surface area contributed by atoms with Gasteiger partial charge in [0.2, 0.25) is 15.9 Å². The van der Waals surface area contributed by atoms with Crippen molar-refractivity contribution in [3.05, 3.63) is 24.3 Å². The van der Waals surface area contributed by atoms with Gasteiger partial charge in [0.05, 0.1) is 24.7 Å². The summed E-state index contributed by atoms with van der Waals surface area (Å²) in [6.45, 7) is 2.82. The van der Waals surface area contributed by atoms with E-state index < -0.39 is 10.0 Å². The second kappa shape index (κ2) is 8.72. The summed E-state index contributed by atoms with van der Waals surface area (Å²) in [6, 6.07) is 6.09. The fourth-order valence-corrected chi connectivity index (χ4v) is 2.82. The number of nitrogens with zero attached hydrogens (tertiary/aromatic N) is 1. The van der Waals surface area contributed by atoms with Crippen LogP contribution in [0.3, 0.4) is 0 Å². The Morgan fingerprint density at radius 3 is 2.45 bits per heavy atom. The number of benzene rings is 1. The SMILES string of the molecule is CCOc1ccc(S(=O)(=O)N(C)CC(=O)NCCOC)cc1. The van der Waals surface area contributed by atoms with Crippen molar-refractivity contribution in [3.63, 3.8) is 0 Å². The molecule has 0 aromatic heterocycles. The number of carbonyl (C=O) groups excluding carboxylic acids is 1. The number of amides is 1. The first-order valence-electron chi connectivity index (χ1n) is 6.86. The molecule has 0 spiro atoms. The molecule has 0 aliphatic rings. The van der Waals surface area contributed by atoms with E-state index in [1.54, 1.807) is 12.1 Å². The smallest absolute Gasteiger partial charge is 0.243 e. The molecule has 0 aliphatic heterocycles. The van der Waals surface area contributed by atoms with Gasteiger partial charge in [0.1, 0.15) is 5.75 Å². The lowest BCUT2D eigenvalue weighted by atomic mass is 10.3. The van der Waals surface area contributed by atoms with Crippen LogP contribution in [0.25, 0.3) is 0 Å². The minimum atomic E-state index is -3.71. The maximum atomic E-state index is 12.3. The summed E-state index contributed by atoms with van der Waals surface area (Å²) >= 11 is 0. The zero-order valence-corrected chi connectivity index (χ0v) is 13.9. The standard InChI is InChI=1S/C14H22N2O5S/c1-4-21-12-5-7-13(8-6-12)22(18,19)16(2)11-14(17)15-9-10-20-3/h5-8H,4,9-11H2,1-3H3,(H,15,17). The van der Waals surface area contributed by atoms with E-state index in [-0.39, 0.29) is 17.3 Å². The minimum Gasteiger partial charge on any atom is -0.494 e. The van der Waals surface area contributed by atoms with Gasteiger partial charge in [0.15, 0.2) is 0 Å². The molecule has 1 aromatic carbocycles. The molecule has 0 bridgehead atoms. The molecule has 0 saturated carbocycles. The van der Waals surface area contributed by atoms with Gasteiger partial charge in [-0.1, -0.05) is 0 Å². The molecule has 1 amide bonds. The molecule has 124 valence electrons. The van der Waals surface area contributed by atoms with Crippen LogP contribution in [-0.4, -0.2) is 59.1 Å². The van der Waals surface area contributed by atoms with Crippen molar-refractivity contribution in [3.8, 4) is 5.75 Å². The number of sulfonamides is 1. The Bertz CT molecular complexity index is 571. The Labute approximate surface area is 131 Å². The molecule has 0 atom stereocenters. The summed E-state index contributed by atoms with van der Waals surface area (Å²) in [7, 11) is -0.825.